The largest absolute Gasteiger partial charge is 0.393 e. The standard InChI is InChI=1S/C28H48O2/c1-18(7-8-19(2)26(3,4)30)23-11-12-24-22-10-9-20-17-21(29)13-15-27(20,5)25(22)14-16-28(23,24)6/h9,18-19,21-25,29-30H,7-8,10-17H2,1-6H3/t18-,19-,21+,22+,23-,24+,25+,27+,28-/m1/s1. The fraction of sp³-hybridized carbons (Fsp3) is 0.929. The highest BCUT2D eigenvalue weighted by Crippen LogP contribution is 2.67. The van der Waals surface area contributed by atoms with Crippen LogP contribution in [-0.4, -0.2) is 21.9 Å². The first-order chi connectivity index (χ1) is 14.0. The summed E-state index contributed by atoms with van der Waals surface area (Å²) in [5.74, 6) is 4.56. The van der Waals surface area contributed by atoms with Gasteiger partial charge in [-0.2, -0.15) is 0 Å². The molecule has 0 aromatic carbocycles. The van der Waals surface area contributed by atoms with E-state index in [9.17, 15) is 10.2 Å². The molecule has 0 heterocycles. The molecule has 30 heavy (non-hydrogen) atoms. The molecule has 4 rings (SSSR count). The maximum absolute atomic E-state index is 10.3. The fourth-order valence-electron chi connectivity index (χ4n) is 8.68. The van der Waals surface area contributed by atoms with Gasteiger partial charge in [0, 0.05) is 0 Å². The Morgan fingerprint density at radius 2 is 1.77 bits per heavy atom. The zero-order chi connectivity index (χ0) is 21.9. The molecule has 0 bridgehead atoms. The molecule has 0 unspecified atom stereocenters. The van der Waals surface area contributed by atoms with Crippen LogP contribution in [0.1, 0.15) is 106 Å². The predicted octanol–water partition coefficient (Wildman–Crippen LogP) is 6.75. The number of rotatable bonds is 5. The second kappa shape index (κ2) is 7.91. The number of hydrogen-bond acceptors (Lipinski definition) is 2. The van der Waals surface area contributed by atoms with Crippen LogP contribution in [-0.2, 0) is 0 Å². The van der Waals surface area contributed by atoms with Crippen molar-refractivity contribution in [3.63, 3.8) is 0 Å². The first kappa shape index (κ1) is 22.8. The molecule has 2 nitrogen and oxygen atoms in total. The quantitative estimate of drug-likeness (QED) is 0.487. The predicted molar refractivity (Wildman–Crippen MR) is 125 cm³/mol. The van der Waals surface area contributed by atoms with Gasteiger partial charge in [0.05, 0.1) is 11.7 Å². The fourth-order valence-corrected chi connectivity index (χ4v) is 8.68. The van der Waals surface area contributed by atoms with E-state index in [1.54, 1.807) is 5.57 Å². The average molecular weight is 417 g/mol. The highest BCUT2D eigenvalue weighted by Gasteiger charge is 2.59. The highest BCUT2D eigenvalue weighted by molar-refractivity contribution is 5.25. The molecule has 4 aliphatic rings. The van der Waals surface area contributed by atoms with Crippen molar-refractivity contribution in [2.24, 2.45) is 46.3 Å². The van der Waals surface area contributed by atoms with Gasteiger partial charge >= 0.3 is 0 Å². The molecule has 4 aliphatic carbocycles. The van der Waals surface area contributed by atoms with Crippen molar-refractivity contribution in [3.05, 3.63) is 11.6 Å². The lowest BCUT2D eigenvalue weighted by Gasteiger charge is -2.58. The summed E-state index contributed by atoms with van der Waals surface area (Å²) in [5.41, 5.74) is 1.90. The Hall–Kier alpha value is -0.340. The lowest BCUT2D eigenvalue weighted by molar-refractivity contribution is -0.0581. The van der Waals surface area contributed by atoms with Gasteiger partial charge in [-0.15, -0.1) is 0 Å². The van der Waals surface area contributed by atoms with E-state index in [1.807, 2.05) is 13.8 Å². The highest BCUT2D eigenvalue weighted by atomic mass is 16.3. The topological polar surface area (TPSA) is 40.5 Å². The SMILES string of the molecule is C[C@H](CC[C@@H](C)C(C)(C)O)[C@H]1CC[C@H]2[C@@H]3CC=C4C[C@@H](O)CC[C@]4(C)[C@H]3CC[C@]12C. The molecule has 9 atom stereocenters. The Kier molecular flexibility index (Phi) is 6.02. The van der Waals surface area contributed by atoms with Crippen LogP contribution in [0.25, 0.3) is 0 Å². The van der Waals surface area contributed by atoms with Crippen LogP contribution in [0.15, 0.2) is 11.6 Å². The van der Waals surface area contributed by atoms with Crippen LogP contribution in [0.3, 0.4) is 0 Å². The molecule has 0 aliphatic heterocycles. The van der Waals surface area contributed by atoms with E-state index in [1.165, 1.54) is 44.9 Å². The van der Waals surface area contributed by atoms with E-state index in [4.69, 9.17) is 0 Å². The molecule has 3 fully saturated rings. The van der Waals surface area contributed by atoms with Gasteiger partial charge in [-0.25, -0.2) is 0 Å². The smallest absolute Gasteiger partial charge is 0.0617 e. The number of aliphatic hydroxyl groups is 2. The van der Waals surface area contributed by atoms with Crippen LogP contribution in [0.5, 0.6) is 0 Å². The molecule has 3 saturated carbocycles. The Balaban J connectivity index is 1.47. The van der Waals surface area contributed by atoms with Crippen molar-refractivity contribution in [2.45, 2.75) is 117 Å². The lowest BCUT2D eigenvalue weighted by atomic mass is 9.47. The van der Waals surface area contributed by atoms with Gasteiger partial charge in [0.15, 0.2) is 0 Å². The van der Waals surface area contributed by atoms with Crippen LogP contribution >= 0.6 is 0 Å². The molecule has 0 amide bonds. The maximum Gasteiger partial charge on any atom is 0.0617 e. The van der Waals surface area contributed by atoms with Crippen molar-refractivity contribution in [3.8, 4) is 0 Å². The normalized spacial score (nSPS) is 45.7. The van der Waals surface area contributed by atoms with Crippen LogP contribution < -0.4 is 0 Å². The molecule has 0 aromatic rings. The third-order valence-corrected chi connectivity index (χ3v) is 11.1. The van der Waals surface area contributed by atoms with E-state index in [0.29, 0.717) is 16.7 Å². The minimum atomic E-state index is -0.560. The third-order valence-electron chi connectivity index (χ3n) is 11.1. The van der Waals surface area contributed by atoms with E-state index in [2.05, 4.69) is 33.8 Å². The van der Waals surface area contributed by atoms with E-state index < -0.39 is 5.60 Å². The van der Waals surface area contributed by atoms with Gasteiger partial charge in [0.2, 0.25) is 0 Å². The summed E-state index contributed by atoms with van der Waals surface area (Å²) in [7, 11) is 0. The minimum Gasteiger partial charge on any atom is -0.393 e. The number of hydrogen-bond donors (Lipinski definition) is 2. The van der Waals surface area contributed by atoms with E-state index in [0.717, 1.165) is 48.9 Å². The van der Waals surface area contributed by atoms with Gasteiger partial charge in [-0.3, -0.25) is 0 Å². The zero-order valence-corrected chi connectivity index (χ0v) is 20.6. The molecule has 2 N–H and O–H groups in total. The number of allylic oxidation sites excluding steroid dienone is 1. The third kappa shape index (κ3) is 3.72. The van der Waals surface area contributed by atoms with Crippen LogP contribution in [0.2, 0.25) is 0 Å². The molecule has 2 heteroatoms. The monoisotopic (exact) mass is 416 g/mol. The van der Waals surface area contributed by atoms with Crippen molar-refractivity contribution in [1.82, 2.24) is 0 Å². The van der Waals surface area contributed by atoms with Gasteiger partial charge in [-0.1, -0.05) is 45.8 Å². The van der Waals surface area contributed by atoms with Crippen molar-refractivity contribution >= 4 is 0 Å². The molecule has 172 valence electrons. The summed E-state index contributed by atoms with van der Waals surface area (Å²) in [4.78, 5) is 0. The maximum atomic E-state index is 10.3. The Bertz CT molecular complexity index is 660. The van der Waals surface area contributed by atoms with Crippen LogP contribution in [0, 0.1) is 46.3 Å². The summed E-state index contributed by atoms with van der Waals surface area (Å²) in [5, 5.41) is 20.6. The molecule has 0 radical (unpaired) electrons. The zero-order valence-electron chi connectivity index (χ0n) is 20.6. The van der Waals surface area contributed by atoms with Crippen molar-refractivity contribution in [2.75, 3.05) is 0 Å². The Morgan fingerprint density at radius 1 is 1.03 bits per heavy atom. The lowest BCUT2D eigenvalue weighted by Crippen LogP contribution is -2.50. The van der Waals surface area contributed by atoms with Crippen molar-refractivity contribution < 1.29 is 10.2 Å². The van der Waals surface area contributed by atoms with Gasteiger partial charge in [-0.05, 0) is 118 Å². The van der Waals surface area contributed by atoms with Gasteiger partial charge in [0.25, 0.3) is 0 Å². The van der Waals surface area contributed by atoms with E-state index in [-0.39, 0.29) is 6.10 Å². The summed E-state index contributed by atoms with van der Waals surface area (Å²) >= 11 is 0. The summed E-state index contributed by atoms with van der Waals surface area (Å²) in [6.45, 7) is 13.8. The molecular weight excluding hydrogens is 368 g/mol. The number of aliphatic hydroxyl groups excluding tert-OH is 1. The summed E-state index contributed by atoms with van der Waals surface area (Å²) < 4.78 is 0. The second-order valence-electron chi connectivity index (χ2n) is 13.0. The Labute approximate surface area is 185 Å². The number of fused-ring (bicyclic) bond motifs is 5. The van der Waals surface area contributed by atoms with Crippen LogP contribution in [0.4, 0.5) is 0 Å². The Morgan fingerprint density at radius 3 is 2.47 bits per heavy atom. The molecule has 0 aromatic heterocycles. The first-order valence-electron chi connectivity index (χ1n) is 13.1. The van der Waals surface area contributed by atoms with Crippen molar-refractivity contribution in [1.29, 1.82) is 0 Å². The average Bonchev–Trinajstić information content (AvgIpc) is 3.03. The molecule has 0 spiro atoms. The molecular formula is C28H48O2. The molecule has 0 saturated heterocycles. The van der Waals surface area contributed by atoms with Gasteiger partial charge < -0.3 is 10.2 Å². The van der Waals surface area contributed by atoms with Gasteiger partial charge in [0.1, 0.15) is 0 Å². The van der Waals surface area contributed by atoms with E-state index >= 15 is 0 Å². The minimum absolute atomic E-state index is 0.0993. The first-order valence-corrected chi connectivity index (χ1v) is 13.1. The summed E-state index contributed by atoms with van der Waals surface area (Å²) in [6.07, 6.45) is 14.9. The second-order valence-corrected chi connectivity index (χ2v) is 13.0. The summed E-state index contributed by atoms with van der Waals surface area (Å²) in [6, 6.07) is 0.